The summed E-state index contributed by atoms with van der Waals surface area (Å²) in [6, 6.07) is 5.43. The van der Waals surface area contributed by atoms with E-state index in [-0.39, 0.29) is 12.1 Å². The van der Waals surface area contributed by atoms with E-state index in [2.05, 4.69) is 40.3 Å². The zero-order valence-corrected chi connectivity index (χ0v) is 16.4. The molecule has 1 N–H and O–H groups in total. The molecule has 2 amide bonds. The Hall–Kier alpha value is -0.720. The van der Waals surface area contributed by atoms with Crippen LogP contribution in [0.15, 0.2) is 17.5 Å². The highest BCUT2D eigenvalue weighted by atomic mass is 32.2. The number of carbonyl (C=O) groups excluding carboxylic acids is 1. The fraction of sp³-hybridized carbons (Fsp3) is 0.722. The molecule has 3 rings (SSSR count). The van der Waals surface area contributed by atoms with Gasteiger partial charge in [-0.1, -0.05) is 6.07 Å². The molecule has 0 radical (unpaired) electrons. The van der Waals surface area contributed by atoms with Crippen LogP contribution < -0.4 is 5.32 Å². The molecule has 4 nitrogen and oxygen atoms in total. The molecule has 134 valence electrons. The maximum absolute atomic E-state index is 12.5. The summed E-state index contributed by atoms with van der Waals surface area (Å²) < 4.78 is 0. The Morgan fingerprint density at radius 1 is 1.29 bits per heavy atom. The Balaban J connectivity index is 1.44. The molecule has 2 fully saturated rings. The molecule has 0 bridgehead atoms. The second-order valence-electron chi connectivity index (χ2n) is 6.91. The van der Waals surface area contributed by atoms with E-state index in [1.807, 2.05) is 18.0 Å². The fourth-order valence-electron chi connectivity index (χ4n) is 3.63. The SMILES string of the molecule is C[C@H](c1cccs1)N(C)C(=O)NC1CCN(C2CCSCC2)CC1. The van der Waals surface area contributed by atoms with Crippen LogP contribution in [0, 0.1) is 0 Å². The zero-order valence-electron chi connectivity index (χ0n) is 14.7. The third-order valence-electron chi connectivity index (χ3n) is 5.42. The third kappa shape index (κ3) is 4.46. The van der Waals surface area contributed by atoms with Gasteiger partial charge in [-0.2, -0.15) is 11.8 Å². The number of thiophene rings is 1. The van der Waals surface area contributed by atoms with Crippen LogP contribution in [0.1, 0.15) is 43.5 Å². The first-order valence-corrected chi connectivity index (χ1v) is 11.1. The first-order valence-electron chi connectivity index (χ1n) is 9.03. The second kappa shape index (κ2) is 8.59. The van der Waals surface area contributed by atoms with Crippen LogP contribution in [0.2, 0.25) is 0 Å². The van der Waals surface area contributed by atoms with E-state index in [4.69, 9.17) is 0 Å². The van der Waals surface area contributed by atoms with Crippen molar-refractivity contribution in [2.24, 2.45) is 0 Å². The Morgan fingerprint density at radius 3 is 2.62 bits per heavy atom. The van der Waals surface area contributed by atoms with Gasteiger partial charge in [-0.15, -0.1) is 11.3 Å². The van der Waals surface area contributed by atoms with Gasteiger partial charge in [0.15, 0.2) is 0 Å². The summed E-state index contributed by atoms with van der Waals surface area (Å²) in [7, 11) is 1.90. The van der Waals surface area contributed by atoms with Crippen molar-refractivity contribution >= 4 is 29.1 Å². The van der Waals surface area contributed by atoms with Gasteiger partial charge in [0.05, 0.1) is 6.04 Å². The lowest BCUT2D eigenvalue weighted by atomic mass is 10.0. The van der Waals surface area contributed by atoms with E-state index in [9.17, 15) is 4.79 Å². The van der Waals surface area contributed by atoms with Crippen molar-refractivity contribution < 1.29 is 4.79 Å². The summed E-state index contributed by atoms with van der Waals surface area (Å²) in [5.74, 6) is 2.62. The second-order valence-corrected chi connectivity index (χ2v) is 9.11. The van der Waals surface area contributed by atoms with Gasteiger partial charge in [0, 0.05) is 37.1 Å². The molecule has 2 aliphatic heterocycles. The monoisotopic (exact) mass is 367 g/mol. The smallest absolute Gasteiger partial charge is 0.317 e. The normalized spacial score (nSPS) is 22.2. The lowest BCUT2D eigenvalue weighted by molar-refractivity contribution is 0.132. The first kappa shape index (κ1) is 18.1. The molecule has 24 heavy (non-hydrogen) atoms. The lowest BCUT2D eigenvalue weighted by Gasteiger charge is -2.39. The topological polar surface area (TPSA) is 35.6 Å². The molecule has 0 unspecified atom stereocenters. The van der Waals surface area contributed by atoms with Crippen LogP contribution in [-0.2, 0) is 0 Å². The minimum Gasteiger partial charge on any atom is -0.335 e. The lowest BCUT2D eigenvalue weighted by Crippen LogP contribution is -2.51. The summed E-state index contributed by atoms with van der Waals surface area (Å²) in [6.45, 7) is 4.35. The summed E-state index contributed by atoms with van der Waals surface area (Å²) in [5.41, 5.74) is 0. The van der Waals surface area contributed by atoms with Crippen LogP contribution in [0.3, 0.4) is 0 Å². The molecule has 2 saturated heterocycles. The molecule has 3 heterocycles. The summed E-state index contributed by atoms with van der Waals surface area (Å²) in [4.78, 5) is 18.3. The number of urea groups is 1. The number of likely N-dealkylation sites (tertiary alicyclic amines) is 1. The van der Waals surface area contributed by atoms with Crippen molar-refractivity contribution in [1.29, 1.82) is 0 Å². The quantitative estimate of drug-likeness (QED) is 0.879. The Labute approximate surface area is 154 Å². The number of thioether (sulfide) groups is 1. The van der Waals surface area contributed by atoms with Crippen molar-refractivity contribution in [3.05, 3.63) is 22.4 Å². The Kier molecular flexibility index (Phi) is 6.47. The highest BCUT2D eigenvalue weighted by Gasteiger charge is 2.28. The van der Waals surface area contributed by atoms with E-state index >= 15 is 0 Å². The summed E-state index contributed by atoms with van der Waals surface area (Å²) in [5, 5.41) is 5.31. The van der Waals surface area contributed by atoms with Crippen molar-refractivity contribution in [1.82, 2.24) is 15.1 Å². The molecule has 0 aliphatic carbocycles. The molecule has 6 heteroatoms. The third-order valence-corrected chi connectivity index (χ3v) is 7.51. The number of hydrogen-bond acceptors (Lipinski definition) is 4. The van der Waals surface area contributed by atoms with Gasteiger partial charge in [0.25, 0.3) is 0 Å². The molecule has 1 aromatic rings. The van der Waals surface area contributed by atoms with Crippen molar-refractivity contribution in [3.63, 3.8) is 0 Å². The number of hydrogen-bond donors (Lipinski definition) is 1. The molecule has 1 aromatic heterocycles. The van der Waals surface area contributed by atoms with Crippen LogP contribution in [0.25, 0.3) is 0 Å². The molecule has 1 atom stereocenters. The van der Waals surface area contributed by atoms with E-state index in [1.165, 1.54) is 29.2 Å². The van der Waals surface area contributed by atoms with Crippen molar-refractivity contribution in [2.75, 3.05) is 31.6 Å². The number of nitrogens with zero attached hydrogens (tertiary/aromatic N) is 2. The van der Waals surface area contributed by atoms with Gasteiger partial charge in [-0.3, -0.25) is 0 Å². The van der Waals surface area contributed by atoms with Gasteiger partial charge in [0.1, 0.15) is 0 Å². The zero-order chi connectivity index (χ0) is 16.9. The number of carbonyl (C=O) groups is 1. The first-order chi connectivity index (χ1) is 11.6. The van der Waals surface area contributed by atoms with Gasteiger partial charge in [-0.05, 0) is 55.6 Å². The van der Waals surface area contributed by atoms with Crippen LogP contribution >= 0.6 is 23.1 Å². The molecule has 0 saturated carbocycles. The maximum atomic E-state index is 12.5. The molecular weight excluding hydrogens is 338 g/mol. The Bertz CT molecular complexity index is 508. The van der Waals surface area contributed by atoms with Crippen LogP contribution in [-0.4, -0.2) is 59.6 Å². The van der Waals surface area contributed by atoms with Gasteiger partial charge >= 0.3 is 6.03 Å². The van der Waals surface area contributed by atoms with E-state index in [0.29, 0.717) is 6.04 Å². The number of piperidine rings is 1. The van der Waals surface area contributed by atoms with Gasteiger partial charge in [0.2, 0.25) is 0 Å². The molecular formula is C18H29N3OS2. The van der Waals surface area contributed by atoms with Gasteiger partial charge in [-0.25, -0.2) is 4.79 Å². The Morgan fingerprint density at radius 2 is 2.00 bits per heavy atom. The van der Waals surface area contributed by atoms with Crippen LogP contribution in [0.5, 0.6) is 0 Å². The van der Waals surface area contributed by atoms with Crippen LogP contribution in [0.4, 0.5) is 4.79 Å². The maximum Gasteiger partial charge on any atom is 0.317 e. The van der Waals surface area contributed by atoms with E-state index < -0.39 is 0 Å². The minimum absolute atomic E-state index is 0.0587. The average molecular weight is 368 g/mol. The minimum atomic E-state index is 0.0587. The van der Waals surface area contributed by atoms with Crippen molar-refractivity contribution in [3.8, 4) is 0 Å². The number of amides is 2. The largest absolute Gasteiger partial charge is 0.335 e. The van der Waals surface area contributed by atoms with E-state index in [0.717, 1.165) is 32.0 Å². The highest BCUT2D eigenvalue weighted by Crippen LogP contribution is 2.26. The predicted octanol–water partition coefficient (Wildman–Crippen LogP) is 3.81. The number of nitrogens with one attached hydrogen (secondary N) is 1. The van der Waals surface area contributed by atoms with E-state index in [1.54, 1.807) is 11.3 Å². The molecule has 2 aliphatic rings. The predicted molar refractivity (Wildman–Crippen MR) is 104 cm³/mol. The standard InChI is InChI=1S/C18H29N3OS2/c1-14(17-4-3-11-24-17)20(2)18(22)19-15-5-9-21(10-6-15)16-7-12-23-13-8-16/h3-4,11,14-16H,5-10,12-13H2,1-2H3,(H,19,22)/t14-/m1/s1. The van der Waals surface area contributed by atoms with Gasteiger partial charge < -0.3 is 15.1 Å². The summed E-state index contributed by atoms with van der Waals surface area (Å²) in [6.07, 6.45) is 4.83. The molecule has 0 spiro atoms. The average Bonchev–Trinajstić information content (AvgIpc) is 3.16. The number of rotatable bonds is 4. The fourth-order valence-corrected chi connectivity index (χ4v) is 5.54. The summed E-state index contributed by atoms with van der Waals surface area (Å²) >= 11 is 3.80. The van der Waals surface area contributed by atoms with Crippen molar-refractivity contribution in [2.45, 2.75) is 50.7 Å². The molecule has 0 aromatic carbocycles. The highest BCUT2D eigenvalue weighted by molar-refractivity contribution is 7.99.